The molecule has 0 aliphatic carbocycles. The molecule has 0 aromatic carbocycles. The van der Waals surface area contributed by atoms with Gasteiger partial charge in [0.1, 0.15) is 0 Å². The normalized spacial score (nSPS) is 23.1. The van der Waals surface area contributed by atoms with Crippen molar-refractivity contribution < 1.29 is 0 Å². The standard InChI is InChI=1S/C10H22N2S/c1-9(11)10(2,3)8-12-4-6-13-7-5-12/h9H,4-8,11H2,1-3H3. The first-order chi connectivity index (χ1) is 6.02. The highest BCUT2D eigenvalue weighted by atomic mass is 32.2. The molecule has 1 atom stereocenters. The number of rotatable bonds is 3. The molecule has 0 spiro atoms. The van der Waals surface area contributed by atoms with Gasteiger partial charge in [0.25, 0.3) is 0 Å². The Balaban J connectivity index is 2.37. The Morgan fingerprint density at radius 3 is 2.38 bits per heavy atom. The van der Waals surface area contributed by atoms with Crippen LogP contribution in [0.1, 0.15) is 20.8 Å². The molecule has 13 heavy (non-hydrogen) atoms. The number of hydrogen-bond donors (Lipinski definition) is 1. The summed E-state index contributed by atoms with van der Waals surface area (Å²) in [5.74, 6) is 2.57. The van der Waals surface area contributed by atoms with Crippen LogP contribution in [-0.4, -0.2) is 42.1 Å². The molecule has 2 nitrogen and oxygen atoms in total. The Hall–Kier alpha value is 0.270. The molecule has 0 saturated carbocycles. The van der Waals surface area contributed by atoms with Gasteiger partial charge in [-0.3, -0.25) is 0 Å². The van der Waals surface area contributed by atoms with Crippen molar-refractivity contribution in [3.63, 3.8) is 0 Å². The van der Waals surface area contributed by atoms with E-state index in [2.05, 4.69) is 37.4 Å². The van der Waals surface area contributed by atoms with Gasteiger partial charge < -0.3 is 10.6 Å². The fourth-order valence-corrected chi connectivity index (χ4v) is 2.46. The lowest BCUT2D eigenvalue weighted by Gasteiger charge is -2.37. The third-order valence-corrected chi connectivity index (χ3v) is 3.91. The molecule has 0 radical (unpaired) electrons. The van der Waals surface area contributed by atoms with Crippen LogP contribution in [0.15, 0.2) is 0 Å². The van der Waals surface area contributed by atoms with Crippen molar-refractivity contribution in [2.45, 2.75) is 26.8 Å². The Morgan fingerprint density at radius 2 is 1.92 bits per heavy atom. The minimum absolute atomic E-state index is 0.252. The SMILES string of the molecule is CC(N)C(C)(C)CN1CCSCC1. The first-order valence-electron chi connectivity index (χ1n) is 5.08. The maximum absolute atomic E-state index is 5.96. The predicted molar refractivity (Wildman–Crippen MR) is 61.2 cm³/mol. The van der Waals surface area contributed by atoms with Crippen molar-refractivity contribution in [3.8, 4) is 0 Å². The lowest BCUT2D eigenvalue weighted by Crippen LogP contribution is -2.46. The van der Waals surface area contributed by atoms with Gasteiger partial charge in [0.2, 0.25) is 0 Å². The van der Waals surface area contributed by atoms with E-state index in [0.29, 0.717) is 0 Å². The Kier molecular flexibility index (Phi) is 4.07. The molecule has 2 N–H and O–H groups in total. The van der Waals surface area contributed by atoms with Gasteiger partial charge in [-0.25, -0.2) is 0 Å². The van der Waals surface area contributed by atoms with E-state index in [1.165, 1.54) is 24.6 Å². The van der Waals surface area contributed by atoms with E-state index in [9.17, 15) is 0 Å². The minimum Gasteiger partial charge on any atom is -0.327 e. The molecule has 0 amide bonds. The second-order valence-electron chi connectivity index (χ2n) is 4.67. The van der Waals surface area contributed by atoms with Crippen LogP contribution < -0.4 is 5.73 Å². The first kappa shape index (κ1) is 11.3. The van der Waals surface area contributed by atoms with Crippen LogP contribution in [-0.2, 0) is 0 Å². The van der Waals surface area contributed by atoms with Gasteiger partial charge in [-0.05, 0) is 12.3 Å². The first-order valence-corrected chi connectivity index (χ1v) is 6.23. The molecule has 1 aliphatic rings. The molecule has 0 aromatic rings. The van der Waals surface area contributed by atoms with E-state index in [-0.39, 0.29) is 11.5 Å². The highest BCUT2D eigenvalue weighted by Gasteiger charge is 2.26. The molecule has 1 rings (SSSR count). The molecular weight excluding hydrogens is 180 g/mol. The maximum Gasteiger partial charge on any atom is 0.00739 e. The smallest absolute Gasteiger partial charge is 0.00739 e. The summed E-state index contributed by atoms with van der Waals surface area (Å²) in [4.78, 5) is 2.54. The summed E-state index contributed by atoms with van der Waals surface area (Å²) in [5.41, 5.74) is 6.21. The minimum atomic E-state index is 0.252. The zero-order valence-corrected chi connectivity index (χ0v) is 9.86. The van der Waals surface area contributed by atoms with Crippen molar-refractivity contribution in [3.05, 3.63) is 0 Å². The third kappa shape index (κ3) is 3.49. The second-order valence-corrected chi connectivity index (χ2v) is 5.89. The lowest BCUT2D eigenvalue weighted by atomic mass is 9.85. The van der Waals surface area contributed by atoms with Crippen molar-refractivity contribution in [2.24, 2.45) is 11.1 Å². The monoisotopic (exact) mass is 202 g/mol. The fraction of sp³-hybridized carbons (Fsp3) is 1.00. The van der Waals surface area contributed by atoms with E-state index in [4.69, 9.17) is 5.73 Å². The van der Waals surface area contributed by atoms with Crippen molar-refractivity contribution >= 4 is 11.8 Å². The Labute approximate surface area is 86.2 Å². The summed E-state index contributed by atoms with van der Waals surface area (Å²) in [6.45, 7) is 10.3. The number of nitrogens with two attached hydrogens (primary N) is 1. The van der Waals surface area contributed by atoms with E-state index in [0.717, 1.165) is 6.54 Å². The molecule has 3 heteroatoms. The largest absolute Gasteiger partial charge is 0.327 e. The number of thioether (sulfide) groups is 1. The molecule has 1 heterocycles. The summed E-state index contributed by atoms with van der Waals surface area (Å²) in [7, 11) is 0. The number of nitrogens with zero attached hydrogens (tertiary/aromatic N) is 1. The van der Waals surface area contributed by atoms with Crippen molar-refractivity contribution in [1.29, 1.82) is 0 Å². The maximum atomic E-state index is 5.96. The van der Waals surface area contributed by atoms with Crippen LogP contribution in [0.25, 0.3) is 0 Å². The van der Waals surface area contributed by atoms with Crippen molar-refractivity contribution in [2.75, 3.05) is 31.1 Å². The molecule has 1 saturated heterocycles. The lowest BCUT2D eigenvalue weighted by molar-refractivity contribution is 0.169. The van der Waals surface area contributed by atoms with Crippen LogP contribution in [0.3, 0.4) is 0 Å². The van der Waals surface area contributed by atoms with Gasteiger partial charge in [0.15, 0.2) is 0 Å². The molecule has 0 bridgehead atoms. The van der Waals surface area contributed by atoms with Gasteiger partial charge in [-0.1, -0.05) is 13.8 Å². The predicted octanol–water partition coefficient (Wildman–Crippen LogP) is 1.41. The van der Waals surface area contributed by atoms with Crippen LogP contribution in [0, 0.1) is 5.41 Å². The van der Waals surface area contributed by atoms with E-state index >= 15 is 0 Å². The summed E-state index contributed by atoms with van der Waals surface area (Å²) in [5, 5.41) is 0. The average Bonchev–Trinajstić information content (AvgIpc) is 2.05. The Morgan fingerprint density at radius 1 is 1.38 bits per heavy atom. The van der Waals surface area contributed by atoms with Gasteiger partial charge >= 0.3 is 0 Å². The summed E-state index contributed by atoms with van der Waals surface area (Å²) >= 11 is 2.06. The van der Waals surface area contributed by atoms with Crippen LogP contribution in [0.2, 0.25) is 0 Å². The fourth-order valence-electron chi connectivity index (χ4n) is 1.48. The van der Waals surface area contributed by atoms with E-state index in [1.54, 1.807) is 0 Å². The highest BCUT2D eigenvalue weighted by Crippen LogP contribution is 2.22. The van der Waals surface area contributed by atoms with Gasteiger partial charge in [0.05, 0.1) is 0 Å². The topological polar surface area (TPSA) is 29.3 Å². The second kappa shape index (κ2) is 4.67. The number of hydrogen-bond acceptors (Lipinski definition) is 3. The third-order valence-electron chi connectivity index (χ3n) is 2.97. The van der Waals surface area contributed by atoms with E-state index in [1.807, 2.05) is 0 Å². The Bertz CT molecular complexity index is 151. The zero-order valence-electron chi connectivity index (χ0n) is 9.05. The molecular formula is C10H22N2S. The molecule has 78 valence electrons. The van der Waals surface area contributed by atoms with Crippen LogP contribution in [0.4, 0.5) is 0 Å². The van der Waals surface area contributed by atoms with Gasteiger partial charge in [0, 0.05) is 37.2 Å². The molecule has 1 fully saturated rings. The summed E-state index contributed by atoms with van der Waals surface area (Å²) in [6.07, 6.45) is 0. The van der Waals surface area contributed by atoms with Crippen LogP contribution >= 0.6 is 11.8 Å². The molecule has 1 unspecified atom stereocenters. The van der Waals surface area contributed by atoms with E-state index < -0.39 is 0 Å². The summed E-state index contributed by atoms with van der Waals surface area (Å²) in [6, 6.07) is 0.280. The highest BCUT2D eigenvalue weighted by molar-refractivity contribution is 7.99. The van der Waals surface area contributed by atoms with Crippen LogP contribution in [0.5, 0.6) is 0 Å². The summed E-state index contributed by atoms with van der Waals surface area (Å²) < 4.78 is 0. The molecule has 1 aliphatic heterocycles. The van der Waals surface area contributed by atoms with Gasteiger partial charge in [-0.15, -0.1) is 0 Å². The molecule has 0 aromatic heterocycles. The van der Waals surface area contributed by atoms with Crippen molar-refractivity contribution in [1.82, 2.24) is 4.90 Å². The van der Waals surface area contributed by atoms with Gasteiger partial charge in [-0.2, -0.15) is 11.8 Å². The zero-order chi connectivity index (χ0) is 9.90. The average molecular weight is 202 g/mol. The quantitative estimate of drug-likeness (QED) is 0.750.